The van der Waals surface area contributed by atoms with Gasteiger partial charge in [-0.3, -0.25) is 14.5 Å². The quantitative estimate of drug-likeness (QED) is 0.396. The number of ether oxygens (including phenoxy) is 1. The Labute approximate surface area is 258 Å². The molecule has 0 aliphatic carbocycles. The fourth-order valence-electron chi connectivity index (χ4n) is 5.48. The molecule has 0 radical (unpaired) electrons. The van der Waals surface area contributed by atoms with Gasteiger partial charge in [-0.1, -0.05) is 20.8 Å². The summed E-state index contributed by atoms with van der Waals surface area (Å²) in [5.41, 5.74) is 1.91. The number of hydrogen-bond acceptors (Lipinski definition) is 8. The highest BCUT2D eigenvalue weighted by molar-refractivity contribution is 7.89. The summed E-state index contributed by atoms with van der Waals surface area (Å²) in [7, 11) is -3.80. The van der Waals surface area contributed by atoms with Crippen molar-refractivity contribution in [2.75, 3.05) is 64.3 Å². The molecule has 0 atom stereocenters. The molecule has 13 heteroatoms. The first-order valence-corrected chi connectivity index (χ1v) is 17.4. The molecule has 1 saturated heterocycles. The molecule has 1 N–H and O–H groups in total. The zero-order valence-corrected chi connectivity index (χ0v) is 27.2. The maximum atomic E-state index is 13.8. The maximum Gasteiger partial charge on any atom is 0.409 e. The normalized spacial score (nSPS) is 16.0. The molecule has 2 aliphatic heterocycles. The van der Waals surface area contributed by atoms with Crippen molar-refractivity contribution >= 4 is 44.3 Å². The lowest BCUT2D eigenvalue weighted by Crippen LogP contribution is -2.50. The van der Waals surface area contributed by atoms with Gasteiger partial charge in [0.15, 0.2) is 0 Å². The second kappa shape index (κ2) is 14.7. The number of thiophene rings is 1. The SMILES string of the molecule is CCCN(CCC)C(=O)c1c(NC(=O)c2ccc(S(=O)(=O)N3CCN(C(=O)OCC)CC3)cc2)sc2c1CCN(CC)C2. The Morgan fingerprint density at radius 3 is 2.19 bits per heavy atom. The smallest absolute Gasteiger partial charge is 0.409 e. The van der Waals surface area contributed by atoms with Gasteiger partial charge in [-0.2, -0.15) is 4.31 Å². The van der Waals surface area contributed by atoms with Crippen LogP contribution in [-0.2, 0) is 27.7 Å². The van der Waals surface area contributed by atoms with E-state index in [2.05, 4.69) is 17.1 Å². The van der Waals surface area contributed by atoms with E-state index in [1.54, 1.807) is 6.92 Å². The number of fused-ring (bicyclic) bond motifs is 1. The Morgan fingerprint density at radius 1 is 0.953 bits per heavy atom. The number of nitrogens with zero attached hydrogens (tertiary/aromatic N) is 4. The van der Waals surface area contributed by atoms with Crippen LogP contribution in [0.5, 0.6) is 0 Å². The molecule has 2 aromatic rings. The standard InChI is InChI=1S/C30H43N5O6S2/c1-5-14-33(15-6-2)29(37)26-24-13-16-32(7-3)21-25(24)42-28(26)31-27(36)22-9-11-23(12-10-22)43(39,40)35-19-17-34(18-20-35)30(38)41-8-4/h9-12H,5-8,13-21H2,1-4H3,(H,31,36). The second-order valence-electron chi connectivity index (χ2n) is 10.7. The third-order valence-corrected chi connectivity index (χ3v) is 10.9. The molecule has 0 saturated carbocycles. The number of rotatable bonds is 11. The molecule has 43 heavy (non-hydrogen) atoms. The molecule has 0 bridgehead atoms. The monoisotopic (exact) mass is 633 g/mol. The summed E-state index contributed by atoms with van der Waals surface area (Å²) >= 11 is 1.46. The van der Waals surface area contributed by atoms with Gasteiger partial charge < -0.3 is 19.9 Å². The number of carbonyl (C=O) groups excluding carboxylic acids is 3. The van der Waals surface area contributed by atoms with Gasteiger partial charge in [0, 0.05) is 62.8 Å². The zero-order chi connectivity index (χ0) is 31.1. The fourth-order valence-corrected chi connectivity index (χ4v) is 8.18. The van der Waals surface area contributed by atoms with Crippen LogP contribution in [-0.4, -0.2) is 104 Å². The lowest BCUT2D eigenvalue weighted by Gasteiger charge is -2.33. The maximum absolute atomic E-state index is 13.8. The first kappa shape index (κ1) is 32.9. The number of piperazine rings is 1. The van der Waals surface area contributed by atoms with Crippen LogP contribution in [0.15, 0.2) is 29.2 Å². The van der Waals surface area contributed by atoms with Gasteiger partial charge in [0.2, 0.25) is 10.0 Å². The van der Waals surface area contributed by atoms with Gasteiger partial charge in [-0.25, -0.2) is 13.2 Å². The molecule has 2 aliphatic rings. The van der Waals surface area contributed by atoms with Gasteiger partial charge >= 0.3 is 6.09 Å². The molecule has 236 valence electrons. The number of nitrogens with one attached hydrogen (secondary N) is 1. The van der Waals surface area contributed by atoms with Crippen molar-refractivity contribution in [2.45, 2.75) is 58.4 Å². The third kappa shape index (κ3) is 7.39. The molecule has 3 amide bonds. The number of likely N-dealkylation sites (N-methyl/N-ethyl adjacent to an activating group) is 1. The van der Waals surface area contributed by atoms with E-state index in [0.717, 1.165) is 49.3 Å². The second-order valence-corrected chi connectivity index (χ2v) is 13.7. The van der Waals surface area contributed by atoms with Crippen molar-refractivity contribution in [3.05, 3.63) is 45.8 Å². The van der Waals surface area contributed by atoms with Gasteiger partial charge in [0.1, 0.15) is 5.00 Å². The minimum atomic E-state index is -3.80. The predicted octanol–water partition coefficient (Wildman–Crippen LogP) is 4.10. The first-order valence-electron chi connectivity index (χ1n) is 15.1. The highest BCUT2D eigenvalue weighted by Crippen LogP contribution is 2.38. The van der Waals surface area contributed by atoms with Gasteiger partial charge in [0.05, 0.1) is 17.1 Å². The molecule has 1 fully saturated rings. The summed E-state index contributed by atoms with van der Waals surface area (Å²) in [4.78, 5) is 46.1. The Bertz CT molecular complexity index is 1390. The van der Waals surface area contributed by atoms with E-state index in [9.17, 15) is 22.8 Å². The highest BCUT2D eigenvalue weighted by Gasteiger charge is 2.32. The minimum Gasteiger partial charge on any atom is -0.450 e. The lowest BCUT2D eigenvalue weighted by atomic mass is 10.0. The molecule has 1 aromatic carbocycles. The van der Waals surface area contributed by atoms with E-state index in [4.69, 9.17) is 4.74 Å². The van der Waals surface area contributed by atoms with E-state index in [0.29, 0.717) is 29.2 Å². The molecule has 0 spiro atoms. The van der Waals surface area contributed by atoms with Crippen molar-refractivity contribution in [1.29, 1.82) is 0 Å². The van der Waals surface area contributed by atoms with Crippen molar-refractivity contribution in [3.8, 4) is 0 Å². The molecule has 0 unspecified atom stereocenters. The number of benzene rings is 1. The largest absolute Gasteiger partial charge is 0.450 e. The van der Waals surface area contributed by atoms with E-state index < -0.39 is 22.0 Å². The van der Waals surface area contributed by atoms with Crippen LogP contribution in [0.1, 0.15) is 71.7 Å². The van der Waals surface area contributed by atoms with Crippen LogP contribution in [0.2, 0.25) is 0 Å². The predicted molar refractivity (Wildman–Crippen MR) is 167 cm³/mol. The van der Waals surface area contributed by atoms with E-state index in [1.807, 2.05) is 18.7 Å². The molecule has 3 heterocycles. The molecular formula is C30H43N5O6S2. The van der Waals surface area contributed by atoms with Crippen LogP contribution in [0.3, 0.4) is 0 Å². The van der Waals surface area contributed by atoms with Crippen LogP contribution >= 0.6 is 11.3 Å². The summed E-state index contributed by atoms with van der Waals surface area (Å²) in [6.07, 6.45) is 2.00. The minimum absolute atomic E-state index is 0.0501. The fraction of sp³-hybridized carbons (Fsp3) is 0.567. The highest BCUT2D eigenvalue weighted by atomic mass is 32.2. The zero-order valence-electron chi connectivity index (χ0n) is 25.6. The van der Waals surface area contributed by atoms with Crippen LogP contribution in [0.25, 0.3) is 0 Å². The van der Waals surface area contributed by atoms with Crippen LogP contribution < -0.4 is 5.32 Å². The van der Waals surface area contributed by atoms with E-state index in [-0.39, 0.29) is 43.6 Å². The number of amides is 3. The van der Waals surface area contributed by atoms with E-state index in [1.165, 1.54) is 44.8 Å². The average Bonchev–Trinajstić information content (AvgIpc) is 3.37. The summed E-state index contributed by atoms with van der Waals surface area (Å²) in [6, 6.07) is 5.84. The number of hydrogen-bond donors (Lipinski definition) is 1. The van der Waals surface area contributed by atoms with Gasteiger partial charge in [-0.05, 0) is 62.6 Å². The Kier molecular flexibility index (Phi) is 11.2. The lowest BCUT2D eigenvalue weighted by molar-refractivity contribution is 0.0755. The molecule has 4 rings (SSSR count). The van der Waals surface area contributed by atoms with E-state index >= 15 is 0 Å². The van der Waals surface area contributed by atoms with Crippen LogP contribution in [0, 0.1) is 0 Å². The van der Waals surface area contributed by atoms with Gasteiger partial charge in [0.25, 0.3) is 11.8 Å². The number of carbonyl (C=O) groups is 3. The van der Waals surface area contributed by atoms with Crippen molar-refractivity contribution in [2.24, 2.45) is 0 Å². The van der Waals surface area contributed by atoms with Gasteiger partial charge in [-0.15, -0.1) is 11.3 Å². The summed E-state index contributed by atoms with van der Waals surface area (Å²) in [6.45, 7) is 12.8. The number of anilines is 1. The summed E-state index contributed by atoms with van der Waals surface area (Å²) in [5, 5.41) is 3.54. The topological polar surface area (TPSA) is 120 Å². The molecule has 11 nitrogen and oxygen atoms in total. The Morgan fingerprint density at radius 2 is 1.60 bits per heavy atom. The first-order chi connectivity index (χ1) is 20.6. The third-order valence-electron chi connectivity index (χ3n) is 7.82. The van der Waals surface area contributed by atoms with Crippen LogP contribution in [0.4, 0.5) is 9.80 Å². The Hall–Kier alpha value is -3.00. The Balaban J connectivity index is 1.52. The van der Waals surface area contributed by atoms with Crippen molar-refractivity contribution in [3.63, 3.8) is 0 Å². The summed E-state index contributed by atoms with van der Waals surface area (Å²) < 4.78 is 32.9. The summed E-state index contributed by atoms with van der Waals surface area (Å²) in [5.74, 6) is -0.449. The molecule has 1 aromatic heterocycles. The molecular weight excluding hydrogens is 590 g/mol. The number of sulfonamides is 1. The van der Waals surface area contributed by atoms with Crippen molar-refractivity contribution in [1.82, 2.24) is 19.0 Å². The van der Waals surface area contributed by atoms with Crippen molar-refractivity contribution < 1.29 is 27.5 Å². The average molecular weight is 634 g/mol.